The van der Waals surface area contributed by atoms with Crippen molar-refractivity contribution in [3.63, 3.8) is 0 Å². The molecule has 3 aromatic rings. The molecule has 0 bridgehead atoms. The Labute approximate surface area is 217 Å². The minimum Gasteiger partial charge on any atom is -0.490 e. The SMILES string of the molecule is CCOc1cc(/C=C2/SC(=S)N(c3cccc(C(F)(F)F)c3)C2=O)ccc1Oc1ccc([N+](=O)[O-])cn1. The number of amides is 1. The van der Waals surface area contributed by atoms with E-state index in [1.165, 1.54) is 24.3 Å². The number of thioether (sulfide) groups is 1. The molecule has 0 spiro atoms. The Kier molecular flexibility index (Phi) is 7.45. The number of hydrogen-bond acceptors (Lipinski definition) is 8. The van der Waals surface area contributed by atoms with Crippen LogP contribution in [0.1, 0.15) is 18.1 Å². The van der Waals surface area contributed by atoms with E-state index in [-0.39, 0.29) is 32.2 Å². The number of nitrogens with zero attached hydrogens (tertiary/aromatic N) is 3. The zero-order valence-corrected chi connectivity index (χ0v) is 20.5. The fraction of sp³-hybridized carbons (Fsp3) is 0.125. The Morgan fingerprint density at radius 1 is 1.16 bits per heavy atom. The molecule has 1 aromatic heterocycles. The van der Waals surface area contributed by atoms with Crippen LogP contribution in [0.15, 0.2) is 65.7 Å². The first kappa shape index (κ1) is 26.1. The molecule has 1 aliphatic heterocycles. The summed E-state index contributed by atoms with van der Waals surface area (Å²) in [7, 11) is 0. The first-order chi connectivity index (χ1) is 17.6. The molecule has 2 aromatic carbocycles. The van der Waals surface area contributed by atoms with Gasteiger partial charge >= 0.3 is 6.18 Å². The third-order valence-electron chi connectivity index (χ3n) is 4.94. The van der Waals surface area contributed by atoms with Crippen molar-refractivity contribution in [1.82, 2.24) is 4.98 Å². The minimum absolute atomic E-state index is 0.0232. The third kappa shape index (κ3) is 5.89. The molecule has 8 nitrogen and oxygen atoms in total. The first-order valence-electron chi connectivity index (χ1n) is 10.6. The van der Waals surface area contributed by atoms with Crippen LogP contribution in [0.4, 0.5) is 24.5 Å². The third-order valence-corrected chi connectivity index (χ3v) is 6.24. The number of ether oxygens (including phenoxy) is 2. The molecule has 2 heterocycles. The van der Waals surface area contributed by atoms with Crippen molar-refractivity contribution in [1.29, 1.82) is 0 Å². The van der Waals surface area contributed by atoms with E-state index < -0.39 is 22.6 Å². The average Bonchev–Trinajstić information content (AvgIpc) is 3.13. The molecule has 37 heavy (non-hydrogen) atoms. The summed E-state index contributed by atoms with van der Waals surface area (Å²) < 4.78 is 50.8. The van der Waals surface area contributed by atoms with E-state index in [0.717, 1.165) is 35.0 Å². The molecule has 0 radical (unpaired) electrons. The second-order valence-electron chi connectivity index (χ2n) is 7.42. The smallest absolute Gasteiger partial charge is 0.416 e. The van der Waals surface area contributed by atoms with Gasteiger partial charge in [0.1, 0.15) is 6.20 Å². The summed E-state index contributed by atoms with van der Waals surface area (Å²) in [4.78, 5) is 28.4. The van der Waals surface area contributed by atoms with Crippen LogP contribution >= 0.6 is 24.0 Å². The van der Waals surface area contributed by atoms with Crippen molar-refractivity contribution in [3.05, 3.63) is 86.9 Å². The summed E-state index contributed by atoms with van der Waals surface area (Å²) in [5.74, 6) is 0.172. The number of carbonyl (C=O) groups is 1. The van der Waals surface area contributed by atoms with Crippen molar-refractivity contribution in [3.8, 4) is 17.4 Å². The number of anilines is 1. The van der Waals surface area contributed by atoms with Crippen LogP contribution in [0, 0.1) is 10.1 Å². The van der Waals surface area contributed by atoms with E-state index in [0.29, 0.717) is 17.9 Å². The fourth-order valence-corrected chi connectivity index (χ4v) is 4.58. The molecule has 1 fully saturated rings. The van der Waals surface area contributed by atoms with E-state index in [4.69, 9.17) is 21.7 Å². The molecule has 0 atom stereocenters. The normalized spacial score (nSPS) is 14.8. The van der Waals surface area contributed by atoms with Crippen molar-refractivity contribution in [2.75, 3.05) is 11.5 Å². The summed E-state index contributed by atoms with van der Waals surface area (Å²) in [6.07, 6.45) is -1.95. The van der Waals surface area contributed by atoms with Crippen LogP contribution in [0.25, 0.3) is 6.08 Å². The second-order valence-corrected chi connectivity index (χ2v) is 9.09. The molecule has 190 valence electrons. The van der Waals surface area contributed by atoms with Crippen LogP contribution in [-0.2, 0) is 11.0 Å². The lowest BCUT2D eigenvalue weighted by Gasteiger charge is -2.16. The molecule has 1 aliphatic rings. The number of thiocarbonyl (C=S) groups is 1. The van der Waals surface area contributed by atoms with Crippen LogP contribution in [0.5, 0.6) is 17.4 Å². The molecule has 1 amide bonds. The summed E-state index contributed by atoms with van der Waals surface area (Å²) in [6.45, 7) is 2.06. The van der Waals surface area contributed by atoms with Crippen molar-refractivity contribution in [2.45, 2.75) is 13.1 Å². The topological polar surface area (TPSA) is 94.8 Å². The molecular weight excluding hydrogens is 531 g/mol. The number of hydrogen-bond donors (Lipinski definition) is 0. The lowest BCUT2D eigenvalue weighted by Crippen LogP contribution is -2.27. The van der Waals surface area contributed by atoms with Gasteiger partial charge in [0, 0.05) is 12.1 Å². The van der Waals surface area contributed by atoms with E-state index in [1.807, 2.05) is 0 Å². The maximum Gasteiger partial charge on any atom is 0.416 e. The van der Waals surface area contributed by atoms with Crippen molar-refractivity contribution in [2.24, 2.45) is 0 Å². The van der Waals surface area contributed by atoms with Gasteiger partial charge in [-0.2, -0.15) is 13.2 Å². The van der Waals surface area contributed by atoms with Crippen LogP contribution < -0.4 is 14.4 Å². The van der Waals surface area contributed by atoms with Gasteiger partial charge in [-0.3, -0.25) is 19.8 Å². The molecule has 4 rings (SSSR count). The van der Waals surface area contributed by atoms with Gasteiger partial charge in [-0.1, -0.05) is 36.1 Å². The highest BCUT2D eigenvalue weighted by molar-refractivity contribution is 8.27. The van der Waals surface area contributed by atoms with Crippen LogP contribution in [0.2, 0.25) is 0 Å². The van der Waals surface area contributed by atoms with Gasteiger partial charge in [-0.15, -0.1) is 0 Å². The number of carbonyl (C=O) groups excluding carboxylic acids is 1. The monoisotopic (exact) mass is 547 g/mol. The minimum atomic E-state index is -4.56. The highest BCUT2D eigenvalue weighted by atomic mass is 32.2. The lowest BCUT2D eigenvalue weighted by atomic mass is 10.1. The molecule has 0 saturated carbocycles. The standard InChI is InChI=1S/C24H16F3N3O5S2/c1-2-34-19-10-14(6-8-18(19)35-21-9-7-17(13-28-21)30(32)33)11-20-22(31)29(23(36)37-20)16-5-3-4-15(12-16)24(25,26)27/h3-13H,2H2,1H3/b20-11+. The van der Waals surface area contributed by atoms with E-state index in [2.05, 4.69) is 4.98 Å². The predicted octanol–water partition coefficient (Wildman–Crippen LogP) is 6.61. The number of pyridine rings is 1. The van der Waals surface area contributed by atoms with Gasteiger partial charge in [-0.05, 0) is 48.9 Å². The quantitative estimate of drug-likeness (QED) is 0.141. The van der Waals surface area contributed by atoms with Crippen molar-refractivity contribution < 1.29 is 32.4 Å². The maximum absolute atomic E-state index is 13.1. The predicted molar refractivity (Wildman–Crippen MR) is 136 cm³/mol. The van der Waals surface area contributed by atoms with E-state index >= 15 is 0 Å². The summed E-state index contributed by atoms with van der Waals surface area (Å²) in [6, 6.07) is 11.8. The molecular formula is C24H16F3N3O5S2. The molecule has 0 aliphatic carbocycles. The first-order valence-corrected chi connectivity index (χ1v) is 11.8. The highest BCUT2D eigenvalue weighted by Crippen LogP contribution is 2.39. The number of aromatic nitrogens is 1. The molecule has 0 N–H and O–H groups in total. The van der Waals surface area contributed by atoms with E-state index in [9.17, 15) is 28.1 Å². The average molecular weight is 548 g/mol. The van der Waals surface area contributed by atoms with E-state index in [1.54, 1.807) is 31.2 Å². The summed E-state index contributed by atoms with van der Waals surface area (Å²) >= 11 is 6.23. The summed E-state index contributed by atoms with van der Waals surface area (Å²) in [5.41, 5.74) is -0.496. The van der Waals surface area contributed by atoms with Crippen LogP contribution in [-0.4, -0.2) is 26.7 Å². The molecule has 1 saturated heterocycles. The summed E-state index contributed by atoms with van der Waals surface area (Å²) in [5, 5.41) is 10.8. The Balaban J connectivity index is 1.59. The lowest BCUT2D eigenvalue weighted by molar-refractivity contribution is -0.385. The Hall–Kier alpha value is -3.97. The van der Waals surface area contributed by atoms with Gasteiger partial charge in [0.25, 0.3) is 11.6 Å². The van der Waals surface area contributed by atoms with Gasteiger partial charge < -0.3 is 9.47 Å². The number of nitro groups is 1. The second kappa shape index (κ2) is 10.6. The van der Waals surface area contributed by atoms with Crippen molar-refractivity contribution >= 4 is 51.7 Å². The number of benzene rings is 2. The number of alkyl halides is 3. The number of halogens is 3. The zero-order valence-electron chi connectivity index (χ0n) is 18.9. The van der Waals surface area contributed by atoms with Gasteiger partial charge in [0.05, 0.1) is 27.7 Å². The number of rotatable bonds is 7. The Bertz CT molecular complexity index is 1410. The van der Waals surface area contributed by atoms with Gasteiger partial charge in [0.15, 0.2) is 15.8 Å². The van der Waals surface area contributed by atoms with Gasteiger partial charge in [0.2, 0.25) is 5.88 Å². The Morgan fingerprint density at radius 2 is 1.95 bits per heavy atom. The Morgan fingerprint density at radius 3 is 2.59 bits per heavy atom. The fourth-order valence-electron chi connectivity index (χ4n) is 3.28. The van der Waals surface area contributed by atoms with Crippen LogP contribution in [0.3, 0.4) is 0 Å². The molecule has 13 heteroatoms. The highest BCUT2D eigenvalue weighted by Gasteiger charge is 2.36. The molecule has 0 unspecified atom stereocenters. The maximum atomic E-state index is 13.1. The van der Waals surface area contributed by atoms with Gasteiger partial charge in [-0.25, -0.2) is 4.98 Å². The largest absolute Gasteiger partial charge is 0.490 e. The zero-order chi connectivity index (χ0) is 26.7.